The van der Waals surface area contributed by atoms with Crippen molar-refractivity contribution in [3.63, 3.8) is 0 Å². The third-order valence-electron chi connectivity index (χ3n) is 3.75. The summed E-state index contributed by atoms with van der Waals surface area (Å²) in [6, 6.07) is 6.34. The van der Waals surface area contributed by atoms with Crippen LogP contribution in [0.1, 0.15) is 36.4 Å². The Morgan fingerprint density at radius 1 is 1.39 bits per heavy atom. The van der Waals surface area contributed by atoms with E-state index in [2.05, 4.69) is 33.4 Å². The maximum atomic E-state index is 12.0. The summed E-state index contributed by atoms with van der Waals surface area (Å²) in [5.74, 6) is 0.0466. The van der Waals surface area contributed by atoms with E-state index >= 15 is 0 Å². The standard InChI is InChI=1S/C14H16BrNO2/c15-11-4-1-3-10-9(11)6-7-12(10)16-14(17)13-5-2-8-18-13/h1,3-4,12-13H,2,5-8H2,(H,16,17)/t12-,13+/m0/s1. The van der Waals surface area contributed by atoms with Crippen LogP contribution >= 0.6 is 15.9 Å². The molecule has 3 rings (SSSR count). The number of fused-ring (bicyclic) bond motifs is 1. The summed E-state index contributed by atoms with van der Waals surface area (Å²) in [7, 11) is 0. The van der Waals surface area contributed by atoms with Crippen LogP contribution in [0.5, 0.6) is 0 Å². The van der Waals surface area contributed by atoms with Crippen molar-refractivity contribution in [1.82, 2.24) is 5.32 Å². The Hall–Kier alpha value is -0.870. The third kappa shape index (κ3) is 2.19. The van der Waals surface area contributed by atoms with Gasteiger partial charge in [-0.05, 0) is 42.9 Å². The first-order chi connectivity index (χ1) is 8.75. The Bertz CT molecular complexity index is 469. The van der Waals surface area contributed by atoms with Gasteiger partial charge in [0.05, 0.1) is 6.04 Å². The molecule has 0 radical (unpaired) electrons. The number of rotatable bonds is 2. The van der Waals surface area contributed by atoms with Crippen molar-refractivity contribution in [3.05, 3.63) is 33.8 Å². The highest BCUT2D eigenvalue weighted by atomic mass is 79.9. The molecule has 1 fully saturated rings. The van der Waals surface area contributed by atoms with E-state index < -0.39 is 0 Å². The molecule has 96 valence electrons. The number of carbonyl (C=O) groups is 1. The van der Waals surface area contributed by atoms with Crippen LogP contribution in [0, 0.1) is 0 Å². The van der Waals surface area contributed by atoms with E-state index in [9.17, 15) is 4.79 Å². The molecule has 18 heavy (non-hydrogen) atoms. The predicted octanol–water partition coefficient (Wildman–Crippen LogP) is 2.73. The lowest BCUT2D eigenvalue weighted by atomic mass is 10.1. The maximum absolute atomic E-state index is 12.0. The van der Waals surface area contributed by atoms with Crippen LogP contribution in [0.15, 0.2) is 22.7 Å². The van der Waals surface area contributed by atoms with E-state index in [0.29, 0.717) is 6.61 Å². The van der Waals surface area contributed by atoms with E-state index in [0.717, 1.165) is 30.2 Å². The monoisotopic (exact) mass is 309 g/mol. The van der Waals surface area contributed by atoms with Crippen LogP contribution in [0.2, 0.25) is 0 Å². The second kappa shape index (κ2) is 5.02. The molecule has 2 aliphatic rings. The zero-order valence-electron chi connectivity index (χ0n) is 10.1. The van der Waals surface area contributed by atoms with Gasteiger partial charge in [0.2, 0.25) is 5.91 Å². The van der Waals surface area contributed by atoms with Crippen molar-refractivity contribution in [2.24, 2.45) is 0 Å². The predicted molar refractivity (Wildman–Crippen MR) is 72.3 cm³/mol. The van der Waals surface area contributed by atoms with Crippen molar-refractivity contribution in [2.75, 3.05) is 6.61 Å². The number of hydrogen-bond donors (Lipinski definition) is 1. The summed E-state index contributed by atoms with van der Waals surface area (Å²) in [5.41, 5.74) is 2.57. The van der Waals surface area contributed by atoms with Gasteiger partial charge in [-0.2, -0.15) is 0 Å². The van der Waals surface area contributed by atoms with Gasteiger partial charge in [0.25, 0.3) is 0 Å². The molecule has 3 nitrogen and oxygen atoms in total. The zero-order valence-corrected chi connectivity index (χ0v) is 11.7. The van der Waals surface area contributed by atoms with Crippen molar-refractivity contribution in [3.8, 4) is 0 Å². The topological polar surface area (TPSA) is 38.3 Å². The van der Waals surface area contributed by atoms with Gasteiger partial charge in [0, 0.05) is 11.1 Å². The highest BCUT2D eigenvalue weighted by Gasteiger charge is 2.29. The molecule has 1 amide bonds. The van der Waals surface area contributed by atoms with Gasteiger partial charge in [0.1, 0.15) is 6.10 Å². The minimum absolute atomic E-state index is 0.0466. The number of nitrogens with one attached hydrogen (secondary N) is 1. The summed E-state index contributed by atoms with van der Waals surface area (Å²) in [6.07, 6.45) is 3.61. The summed E-state index contributed by atoms with van der Waals surface area (Å²) in [4.78, 5) is 12.0. The van der Waals surface area contributed by atoms with E-state index in [1.54, 1.807) is 0 Å². The molecule has 2 atom stereocenters. The Balaban J connectivity index is 1.72. The van der Waals surface area contributed by atoms with Crippen LogP contribution in [-0.4, -0.2) is 18.6 Å². The molecule has 1 heterocycles. The molecule has 1 aliphatic heterocycles. The van der Waals surface area contributed by atoms with E-state index in [-0.39, 0.29) is 18.1 Å². The average Bonchev–Trinajstić information content (AvgIpc) is 2.99. The lowest BCUT2D eigenvalue weighted by Gasteiger charge is -2.17. The van der Waals surface area contributed by atoms with E-state index in [4.69, 9.17) is 4.74 Å². The molecule has 1 aromatic rings. The fraction of sp³-hybridized carbons (Fsp3) is 0.500. The Labute approximate surface area is 115 Å². The molecule has 0 bridgehead atoms. The maximum Gasteiger partial charge on any atom is 0.249 e. The van der Waals surface area contributed by atoms with Crippen LogP contribution in [-0.2, 0) is 16.0 Å². The molecule has 1 N–H and O–H groups in total. The van der Waals surface area contributed by atoms with Gasteiger partial charge in [-0.3, -0.25) is 4.79 Å². The Morgan fingerprint density at radius 3 is 3.06 bits per heavy atom. The molecule has 1 saturated heterocycles. The minimum Gasteiger partial charge on any atom is -0.368 e. The molecule has 1 aliphatic carbocycles. The van der Waals surface area contributed by atoms with Crippen LogP contribution < -0.4 is 5.32 Å². The Morgan fingerprint density at radius 2 is 2.28 bits per heavy atom. The second-order valence-corrected chi connectivity index (χ2v) is 5.76. The van der Waals surface area contributed by atoms with Crippen molar-refractivity contribution in [1.29, 1.82) is 0 Å². The largest absolute Gasteiger partial charge is 0.368 e. The van der Waals surface area contributed by atoms with E-state index in [1.807, 2.05) is 6.07 Å². The van der Waals surface area contributed by atoms with Gasteiger partial charge < -0.3 is 10.1 Å². The molecular weight excluding hydrogens is 294 g/mol. The normalized spacial score (nSPS) is 26.1. The highest BCUT2D eigenvalue weighted by Crippen LogP contribution is 2.35. The molecule has 0 saturated carbocycles. The number of ether oxygens (including phenoxy) is 1. The first-order valence-electron chi connectivity index (χ1n) is 6.45. The molecule has 0 unspecified atom stereocenters. The highest BCUT2D eigenvalue weighted by molar-refractivity contribution is 9.10. The number of amides is 1. The lowest BCUT2D eigenvalue weighted by Crippen LogP contribution is -2.36. The first-order valence-corrected chi connectivity index (χ1v) is 7.24. The van der Waals surface area contributed by atoms with Gasteiger partial charge in [0.15, 0.2) is 0 Å². The van der Waals surface area contributed by atoms with Gasteiger partial charge in [-0.15, -0.1) is 0 Å². The van der Waals surface area contributed by atoms with Gasteiger partial charge in [-0.25, -0.2) is 0 Å². The summed E-state index contributed by atoms with van der Waals surface area (Å²) < 4.78 is 6.56. The summed E-state index contributed by atoms with van der Waals surface area (Å²) in [6.45, 7) is 0.713. The van der Waals surface area contributed by atoms with E-state index in [1.165, 1.54) is 11.1 Å². The summed E-state index contributed by atoms with van der Waals surface area (Å²) in [5, 5.41) is 3.12. The third-order valence-corrected chi connectivity index (χ3v) is 4.50. The van der Waals surface area contributed by atoms with Crippen molar-refractivity contribution in [2.45, 2.75) is 37.8 Å². The first kappa shape index (κ1) is 12.2. The number of carbonyl (C=O) groups excluding carboxylic acids is 1. The number of halogens is 1. The average molecular weight is 310 g/mol. The molecular formula is C14H16BrNO2. The number of benzene rings is 1. The molecule has 0 spiro atoms. The van der Waals surface area contributed by atoms with Crippen molar-refractivity contribution < 1.29 is 9.53 Å². The SMILES string of the molecule is O=C(N[C@H]1CCc2c(Br)cccc21)[C@H]1CCCO1. The Kier molecular flexibility index (Phi) is 3.39. The molecule has 0 aromatic heterocycles. The fourth-order valence-electron chi connectivity index (χ4n) is 2.81. The molecule has 4 heteroatoms. The van der Waals surface area contributed by atoms with Gasteiger partial charge in [-0.1, -0.05) is 28.1 Å². The fourth-order valence-corrected chi connectivity index (χ4v) is 3.39. The number of hydrogen-bond acceptors (Lipinski definition) is 2. The smallest absolute Gasteiger partial charge is 0.249 e. The minimum atomic E-state index is -0.235. The van der Waals surface area contributed by atoms with Crippen LogP contribution in [0.3, 0.4) is 0 Å². The zero-order chi connectivity index (χ0) is 12.5. The lowest BCUT2D eigenvalue weighted by molar-refractivity contribution is -0.130. The second-order valence-electron chi connectivity index (χ2n) is 4.91. The van der Waals surface area contributed by atoms with Crippen LogP contribution in [0.25, 0.3) is 0 Å². The van der Waals surface area contributed by atoms with Crippen LogP contribution in [0.4, 0.5) is 0 Å². The van der Waals surface area contributed by atoms with Gasteiger partial charge >= 0.3 is 0 Å². The molecule has 1 aromatic carbocycles. The quantitative estimate of drug-likeness (QED) is 0.912. The summed E-state index contributed by atoms with van der Waals surface area (Å²) >= 11 is 3.57. The van der Waals surface area contributed by atoms with Crippen molar-refractivity contribution >= 4 is 21.8 Å².